The Labute approximate surface area is 219 Å². The first-order valence-corrected chi connectivity index (χ1v) is 16.0. The number of hydrogen-bond donors (Lipinski definition) is 3. The van der Waals surface area contributed by atoms with Gasteiger partial charge in [-0.25, -0.2) is 0 Å². The number of carboxylic acid groups (broad SMARTS) is 1. The van der Waals surface area contributed by atoms with Crippen molar-refractivity contribution in [1.82, 2.24) is 10.6 Å². The summed E-state index contributed by atoms with van der Waals surface area (Å²) in [6.07, 6.45) is 27.0. The SMILES string of the molecule is CCCCCCCCCCCCCCCCCCNC(=O)C1(C2CCCCC2)N[C@H](C(=O)O)CS1. The van der Waals surface area contributed by atoms with Crippen LogP contribution in [0.1, 0.15) is 142 Å². The molecule has 5 nitrogen and oxygen atoms in total. The lowest BCUT2D eigenvalue weighted by Gasteiger charge is -2.38. The van der Waals surface area contributed by atoms with Crippen LogP contribution >= 0.6 is 11.8 Å². The van der Waals surface area contributed by atoms with Gasteiger partial charge >= 0.3 is 5.97 Å². The molecule has 0 radical (unpaired) electrons. The largest absolute Gasteiger partial charge is 0.480 e. The van der Waals surface area contributed by atoms with Crippen molar-refractivity contribution < 1.29 is 14.7 Å². The third kappa shape index (κ3) is 11.5. The Hall–Kier alpha value is -0.750. The minimum atomic E-state index is -0.846. The van der Waals surface area contributed by atoms with E-state index >= 15 is 0 Å². The van der Waals surface area contributed by atoms with Crippen molar-refractivity contribution in [2.75, 3.05) is 12.3 Å². The normalized spacial score (nSPS) is 22.9. The van der Waals surface area contributed by atoms with E-state index in [9.17, 15) is 14.7 Å². The van der Waals surface area contributed by atoms with E-state index < -0.39 is 16.9 Å². The molecule has 2 atom stereocenters. The molecule has 0 aromatic heterocycles. The average Bonchev–Trinajstić information content (AvgIpc) is 3.34. The van der Waals surface area contributed by atoms with Crippen molar-refractivity contribution in [2.24, 2.45) is 5.92 Å². The van der Waals surface area contributed by atoms with E-state index in [1.807, 2.05) is 0 Å². The molecule has 2 aliphatic rings. The van der Waals surface area contributed by atoms with Crippen molar-refractivity contribution in [2.45, 2.75) is 153 Å². The van der Waals surface area contributed by atoms with Gasteiger partial charge in [0, 0.05) is 12.3 Å². The van der Waals surface area contributed by atoms with Gasteiger partial charge in [0.05, 0.1) is 0 Å². The van der Waals surface area contributed by atoms with Gasteiger partial charge in [0.2, 0.25) is 0 Å². The number of hydrogen-bond acceptors (Lipinski definition) is 4. The minimum absolute atomic E-state index is 0.0131. The lowest BCUT2D eigenvalue weighted by Crippen LogP contribution is -2.59. The highest BCUT2D eigenvalue weighted by Gasteiger charge is 2.52. The van der Waals surface area contributed by atoms with E-state index in [0.29, 0.717) is 12.3 Å². The van der Waals surface area contributed by atoms with Gasteiger partial charge in [-0.1, -0.05) is 122 Å². The van der Waals surface area contributed by atoms with Gasteiger partial charge < -0.3 is 10.4 Å². The highest BCUT2D eigenvalue weighted by molar-refractivity contribution is 8.01. The Balaban J connectivity index is 1.48. The first kappa shape index (κ1) is 30.5. The number of nitrogens with one attached hydrogen (secondary N) is 2. The molecule has 35 heavy (non-hydrogen) atoms. The number of amides is 1. The van der Waals surface area contributed by atoms with E-state index in [2.05, 4.69) is 17.6 Å². The monoisotopic (exact) mass is 510 g/mol. The number of carbonyl (C=O) groups is 2. The van der Waals surface area contributed by atoms with Gasteiger partial charge in [0.25, 0.3) is 5.91 Å². The molecule has 1 unspecified atom stereocenters. The van der Waals surface area contributed by atoms with Crippen molar-refractivity contribution in [3.05, 3.63) is 0 Å². The van der Waals surface area contributed by atoms with Crippen LogP contribution in [-0.4, -0.2) is 40.2 Å². The molecule has 0 spiro atoms. The predicted octanol–water partition coefficient (Wildman–Crippen LogP) is 7.43. The first-order chi connectivity index (χ1) is 17.1. The smallest absolute Gasteiger partial charge is 0.321 e. The number of carboxylic acids is 1. The number of rotatable bonds is 20. The molecule has 2 fully saturated rings. The van der Waals surface area contributed by atoms with E-state index in [1.165, 1.54) is 108 Å². The van der Waals surface area contributed by atoms with Crippen LogP contribution in [-0.2, 0) is 9.59 Å². The molecule has 6 heteroatoms. The summed E-state index contributed by atoms with van der Waals surface area (Å²) >= 11 is 1.53. The van der Waals surface area contributed by atoms with Gasteiger partial charge in [-0.3, -0.25) is 14.9 Å². The minimum Gasteiger partial charge on any atom is -0.480 e. The third-order valence-electron chi connectivity index (χ3n) is 8.00. The molecule has 1 saturated carbocycles. The molecule has 1 heterocycles. The van der Waals surface area contributed by atoms with Crippen LogP contribution in [0.25, 0.3) is 0 Å². The summed E-state index contributed by atoms with van der Waals surface area (Å²) in [5.41, 5.74) is 0. The summed E-state index contributed by atoms with van der Waals surface area (Å²) in [5, 5.41) is 15.8. The molecule has 0 bridgehead atoms. The van der Waals surface area contributed by atoms with Crippen molar-refractivity contribution in [3.63, 3.8) is 0 Å². The zero-order valence-corrected chi connectivity index (χ0v) is 23.4. The Morgan fingerprint density at radius 2 is 1.29 bits per heavy atom. The molecule has 0 aromatic carbocycles. The summed E-state index contributed by atoms with van der Waals surface area (Å²) in [7, 11) is 0. The molecule has 1 aliphatic heterocycles. The number of aliphatic carboxylic acids is 1. The maximum Gasteiger partial charge on any atom is 0.321 e. The molecule has 204 valence electrons. The number of unbranched alkanes of at least 4 members (excludes halogenated alkanes) is 15. The van der Waals surface area contributed by atoms with Gasteiger partial charge in [0.1, 0.15) is 10.9 Å². The second kappa shape index (κ2) is 18.5. The third-order valence-corrected chi connectivity index (χ3v) is 9.59. The Morgan fingerprint density at radius 1 is 0.800 bits per heavy atom. The molecular formula is C29H54N2O3S. The Bertz CT molecular complexity index is 582. The lowest BCUT2D eigenvalue weighted by atomic mass is 9.82. The van der Waals surface area contributed by atoms with Crippen LogP contribution in [0.15, 0.2) is 0 Å². The quantitative estimate of drug-likeness (QED) is 0.148. The standard InChI is InChI=1S/C29H54N2O3S/c1-2-3-4-5-6-7-8-9-10-11-12-13-14-15-16-20-23-30-28(34)29(25-21-18-17-19-22-25)31-26(24-35-29)27(32)33/h25-26,31H,2-24H2,1H3,(H,30,34)(H,32,33)/t26-,29?/m0/s1. The predicted molar refractivity (Wildman–Crippen MR) is 149 cm³/mol. The summed E-state index contributed by atoms with van der Waals surface area (Å²) in [5.74, 6) is -0.130. The highest BCUT2D eigenvalue weighted by Crippen LogP contribution is 2.44. The topological polar surface area (TPSA) is 78.4 Å². The van der Waals surface area contributed by atoms with Crippen molar-refractivity contribution in [3.8, 4) is 0 Å². The van der Waals surface area contributed by atoms with Crippen LogP contribution in [0.2, 0.25) is 0 Å². The molecule has 1 amide bonds. The zero-order valence-electron chi connectivity index (χ0n) is 22.6. The van der Waals surface area contributed by atoms with E-state index in [4.69, 9.17) is 0 Å². The zero-order chi connectivity index (χ0) is 25.2. The second-order valence-corrected chi connectivity index (χ2v) is 12.2. The van der Waals surface area contributed by atoms with Crippen molar-refractivity contribution >= 4 is 23.6 Å². The van der Waals surface area contributed by atoms with E-state index in [1.54, 1.807) is 0 Å². The molecular weight excluding hydrogens is 456 g/mol. The Morgan fingerprint density at radius 3 is 1.74 bits per heavy atom. The number of carbonyl (C=O) groups excluding carboxylic acids is 1. The maximum absolute atomic E-state index is 13.2. The van der Waals surface area contributed by atoms with Gasteiger partial charge in [-0.2, -0.15) is 0 Å². The lowest BCUT2D eigenvalue weighted by molar-refractivity contribution is -0.139. The second-order valence-electron chi connectivity index (χ2n) is 11.0. The van der Waals surface area contributed by atoms with Crippen molar-refractivity contribution in [1.29, 1.82) is 0 Å². The first-order valence-electron chi connectivity index (χ1n) is 15.0. The van der Waals surface area contributed by atoms with Crippen LogP contribution in [0.4, 0.5) is 0 Å². The summed E-state index contributed by atoms with van der Waals surface area (Å²) in [6.45, 7) is 2.98. The Kier molecular flexibility index (Phi) is 16.1. The number of thioether (sulfide) groups is 1. The fraction of sp³-hybridized carbons (Fsp3) is 0.931. The highest BCUT2D eigenvalue weighted by atomic mass is 32.2. The van der Waals surface area contributed by atoms with Crippen LogP contribution in [0.3, 0.4) is 0 Å². The molecule has 3 N–H and O–H groups in total. The summed E-state index contributed by atoms with van der Waals surface area (Å²) in [6, 6.07) is -0.622. The van der Waals surface area contributed by atoms with E-state index in [0.717, 1.165) is 38.5 Å². The maximum atomic E-state index is 13.2. The van der Waals surface area contributed by atoms with Gasteiger partial charge in [-0.05, 0) is 25.2 Å². The van der Waals surface area contributed by atoms with Crippen LogP contribution in [0, 0.1) is 5.92 Å². The van der Waals surface area contributed by atoms with E-state index in [-0.39, 0.29) is 11.8 Å². The summed E-state index contributed by atoms with van der Waals surface area (Å²) < 4.78 is 0. The molecule has 2 rings (SSSR count). The van der Waals surface area contributed by atoms with Gasteiger partial charge in [0.15, 0.2) is 0 Å². The fourth-order valence-electron chi connectivity index (χ4n) is 5.76. The fourth-order valence-corrected chi connectivity index (χ4v) is 7.31. The summed E-state index contributed by atoms with van der Waals surface area (Å²) in [4.78, 5) is 24.0. The molecule has 0 aromatic rings. The van der Waals surface area contributed by atoms with Crippen LogP contribution in [0.5, 0.6) is 0 Å². The van der Waals surface area contributed by atoms with Gasteiger partial charge in [-0.15, -0.1) is 11.8 Å². The average molecular weight is 511 g/mol. The van der Waals surface area contributed by atoms with Crippen LogP contribution < -0.4 is 10.6 Å². The molecule has 1 aliphatic carbocycles. The molecule has 1 saturated heterocycles.